The Labute approximate surface area is 145 Å². The van der Waals surface area contributed by atoms with Crippen LogP contribution in [0.2, 0.25) is 5.15 Å². The van der Waals surface area contributed by atoms with Gasteiger partial charge in [-0.05, 0) is 24.3 Å². The highest BCUT2D eigenvalue weighted by molar-refractivity contribution is 7.15. The van der Waals surface area contributed by atoms with Crippen molar-refractivity contribution in [3.8, 4) is 11.8 Å². The number of rotatable bonds is 5. The largest absolute Gasteiger partial charge is 0.484 e. The summed E-state index contributed by atoms with van der Waals surface area (Å²) in [5.74, 6) is 0.0738. The van der Waals surface area contributed by atoms with Crippen LogP contribution in [0.15, 0.2) is 40.9 Å². The van der Waals surface area contributed by atoms with Gasteiger partial charge in [0.1, 0.15) is 11.4 Å². The zero-order chi connectivity index (χ0) is 16.9. The SMILES string of the molecule is N#Cc1ccc(OCC(=O)N/N=C\c2c(Cl)nc3sccn23)cc1. The Hall–Kier alpha value is -2.89. The maximum atomic E-state index is 11.7. The smallest absolute Gasteiger partial charge is 0.277 e. The first kappa shape index (κ1) is 16.0. The van der Waals surface area contributed by atoms with Gasteiger partial charge in [0.25, 0.3) is 5.91 Å². The zero-order valence-electron chi connectivity index (χ0n) is 12.1. The van der Waals surface area contributed by atoms with Crippen molar-refractivity contribution in [2.75, 3.05) is 6.61 Å². The van der Waals surface area contributed by atoms with Gasteiger partial charge in [-0.25, -0.2) is 10.4 Å². The number of hydrogen-bond donors (Lipinski definition) is 1. The molecule has 0 saturated heterocycles. The van der Waals surface area contributed by atoms with Gasteiger partial charge in [0.05, 0.1) is 17.8 Å². The van der Waals surface area contributed by atoms with Gasteiger partial charge in [-0.1, -0.05) is 11.6 Å². The van der Waals surface area contributed by atoms with E-state index in [1.165, 1.54) is 17.6 Å². The zero-order valence-corrected chi connectivity index (χ0v) is 13.7. The molecule has 120 valence electrons. The molecule has 0 aliphatic heterocycles. The first-order valence-corrected chi connectivity index (χ1v) is 7.99. The average molecular weight is 360 g/mol. The lowest BCUT2D eigenvalue weighted by Crippen LogP contribution is -2.24. The fourth-order valence-electron chi connectivity index (χ4n) is 1.86. The van der Waals surface area contributed by atoms with Gasteiger partial charge >= 0.3 is 0 Å². The van der Waals surface area contributed by atoms with E-state index in [4.69, 9.17) is 21.6 Å². The van der Waals surface area contributed by atoms with Crippen LogP contribution in [-0.4, -0.2) is 28.1 Å². The van der Waals surface area contributed by atoms with Crippen molar-refractivity contribution in [3.63, 3.8) is 0 Å². The molecule has 0 aliphatic rings. The number of carbonyl (C=O) groups excluding carboxylic acids is 1. The fraction of sp³-hybridized carbons (Fsp3) is 0.0667. The van der Waals surface area contributed by atoms with Crippen LogP contribution in [0.5, 0.6) is 5.75 Å². The van der Waals surface area contributed by atoms with Crippen LogP contribution in [0, 0.1) is 11.3 Å². The minimum Gasteiger partial charge on any atom is -0.484 e. The van der Waals surface area contributed by atoms with Crippen LogP contribution in [0.3, 0.4) is 0 Å². The van der Waals surface area contributed by atoms with Gasteiger partial charge in [0.15, 0.2) is 16.7 Å². The van der Waals surface area contributed by atoms with Crippen molar-refractivity contribution in [3.05, 3.63) is 52.3 Å². The molecule has 3 aromatic rings. The number of aromatic nitrogens is 2. The summed E-state index contributed by atoms with van der Waals surface area (Å²) in [6, 6.07) is 8.46. The van der Waals surface area contributed by atoms with Crippen LogP contribution in [0.1, 0.15) is 11.3 Å². The summed E-state index contributed by atoms with van der Waals surface area (Å²) in [5.41, 5.74) is 3.46. The second-order valence-electron chi connectivity index (χ2n) is 4.56. The van der Waals surface area contributed by atoms with Crippen LogP contribution in [0.4, 0.5) is 0 Å². The predicted octanol–water partition coefficient (Wildman–Crippen LogP) is 2.45. The molecule has 24 heavy (non-hydrogen) atoms. The summed E-state index contributed by atoms with van der Waals surface area (Å²) in [7, 11) is 0. The molecule has 0 spiro atoms. The van der Waals surface area contributed by atoms with Gasteiger partial charge < -0.3 is 4.74 Å². The Morgan fingerprint density at radius 2 is 2.29 bits per heavy atom. The molecule has 3 rings (SSSR count). The molecule has 0 saturated carbocycles. The molecule has 2 aromatic heterocycles. The van der Waals surface area contributed by atoms with Gasteiger partial charge in [-0.2, -0.15) is 10.4 Å². The lowest BCUT2D eigenvalue weighted by atomic mass is 10.2. The van der Waals surface area contributed by atoms with Crippen molar-refractivity contribution in [2.24, 2.45) is 5.10 Å². The second kappa shape index (κ2) is 7.12. The first-order chi connectivity index (χ1) is 11.7. The number of halogens is 1. The highest BCUT2D eigenvalue weighted by Gasteiger charge is 2.09. The molecule has 0 atom stereocenters. The van der Waals surface area contributed by atoms with Crippen molar-refractivity contribution in [2.45, 2.75) is 0 Å². The Morgan fingerprint density at radius 3 is 3.04 bits per heavy atom. The average Bonchev–Trinajstić information content (AvgIpc) is 3.15. The molecule has 0 fully saturated rings. The maximum Gasteiger partial charge on any atom is 0.277 e. The summed E-state index contributed by atoms with van der Waals surface area (Å²) in [5, 5.41) is 14.8. The Bertz CT molecular complexity index is 939. The highest BCUT2D eigenvalue weighted by Crippen LogP contribution is 2.19. The Kier molecular flexibility index (Phi) is 4.74. The van der Waals surface area contributed by atoms with Crippen molar-refractivity contribution in [1.82, 2.24) is 14.8 Å². The third-order valence-corrected chi connectivity index (χ3v) is 4.02. The summed E-state index contributed by atoms with van der Waals surface area (Å²) < 4.78 is 7.07. The summed E-state index contributed by atoms with van der Waals surface area (Å²) >= 11 is 7.46. The number of amides is 1. The monoisotopic (exact) mass is 359 g/mol. The summed E-state index contributed by atoms with van der Waals surface area (Å²) in [6.07, 6.45) is 3.24. The number of hydrogen-bond acceptors (Lipinski definition) is 6. The molecular weight excluding hydrogens is 350 g/mol. The first-order valence-electron chi connectivity index (χ1n) is 6.73. The van der Waals surface area contributed by atoms with E-state index < -0.39 is 5.91 Å². The molecule has 0 bridgehead atoms. The van der Waals surface area contributed by atoms with E-state index in [1.807, 2.05) is 17.6 Å². The van der Waals surface area contributed by atoms with E-state index in [2.05, 4.69) is 15.5 Å². The molecule has 9 heteroatoms. The molecule has 0 radical (unpaired) electrons. The van der Waals surface area contributed by atoms with E-state index in [0.717, 1.165) is 4.96 Å². The third kappa shape index (κ3) is 3.53. The van der Waals surface area contributed by atoms with Gasteiger partial charge in [-0.15, -0.1) is 11.3 Å². The number of benzene rings is 1. The Morgan fingerprint density at radius 1 is 1.50 bits per heavy atom. The quantitative estimate of drug-likeness (QED) is 0.559. The lowest BCUT2D eigenvalue weighted by molar-refractivity contribution is -0.123. The molecule has 2 heterocycles. The van der Waals surface area contributed by atoms with E-state index in [9.17, 15) is 4.79 Å². The standard InChI is InChI=1S/C15H10ClN5O2S/c16-14-12(21-5-6-24-15(21)19-14)8-18-20-13(22)9-23-11-3-1-10(7-17)2-4-11/h1-6,8H,9H2,(H,20,22)/b18-8-. The number of fused-ring (bicyclic) bond motifs is 1. The number of imidazole rings is 1. The molecular formula is C15H10ClN5O2S. The van der Waals surface area contributed by atoms with Crippen LogP contribution in [-0.2, 0) is 4.79 Å². The highest BCUT2D eigenvalue weighted by atomic mass is 35.5. The van der Waals surface area contributed by atoms with Crippen LogP contribution in [0.25, 0.3) is 4.96 Å². The lowest BCUT2D eigenvalue weighted by Gasteiger charge is -2.04. The van der Waals surface area contributed by atoms with E-state index in [1.54, 1.807) is 28.7 Å². The normalized spacial score (nSPS) is 10.8. The molecule has 0 unspecified atom stereocenters. The number of carbonyl (C=O) groups is 1. The molecule has 1 amide bonds. The van der Waals surface area contributed by atoms with Gasteiger partial charge in [0.2, 0.25) is 0 Å². The summed E-state index contributed by atoms with van der Waals surface area (Å²) in [6.45, 7) is -0.197. The van der Waals surface area contributed by atoms with Crippen LogP contribution < -0.4 is 10.2 Å². The van der Waals surface area contributed by atoms with E-state index in [0.29, 0.717) is 22.2 Å². The molecule has 0 aliphatic carbocycles. The van der Waals surface area contributed by atoms with Crippen molar-refractivity contribution < 1.29 is 9.53 Å². The summed E-state index contributed by atoms with van der Waals surface area (Å²) in [4.78, 5) is 16.6. The minimum absolute atomic E-state index is 0.197. The van der Waals surface area contributed by atoms with E-state index in [-0.39, 0.29) is 6.61 Å². The number of thiazole rings is 1. The van der Waals surface area contributed by atoms with Gasteiger partial charge in [0, 0.05) is 11.6 Å². The molecule has 1 aromatic carbocycles. The molecule has 7 nitrogen and oxygen atoms in total. The number of nitrogens with zero attached hydrogens (tertiary/aromatic N) is 4. The Balaban J connectivity index is 1.54. The predicted molar refractivity (Wildman–Crippen MR) is 90.5 cm³/mol. The fourth-order valence-corrected chi connectivity index (χ4v) is 2.86. The minimum atomic E-state index is -0.419. The number of hydrazone groups is 1. The molecule has 1 N–H and O–H groups in total. The topological polar surface area (TPSA) is 91.8 Å². The van der Waals surface area contributed by atoms with Crippen molar-refractivity contribution >= 4 is 40.0 Å². The third-order valence-electron chi connectivity index (χ3n) is 2.98. The number of ether oxygens (including phenoxy) is 1. The van der Waals surface area contributed by atoms with Crippen molar-refractivity contribution in [1.29, 1.82) is 5.26 Å². The van der Waals surface area contributed by atoms with E-state index >= 15 is 0 Å². The number of nitriles is 1. The second-order valence-corrected chi connectivity index (χ2v) is 5.79. The van der Waals surface area contributed by atoms with Gasteiger partial charge in [-0.3, -0.25) is 9.20 Å². The number of nitrogens with one attached hydrogen (secondary N) is 1. The van der Waals surface area contributed by atoms with Crippen LogP contribution >= 0.6 is 22.9 Å². The maximum absolute atomic E-state index is 11.7.